The lowest BCUT2D eigenvalue weighted by atomic mass is 10.1. The summed E-state index contributed by atoms with van der Waals surface area (Å²) in [6.07, 6.45) is 2.43. The van der Waals surface area contributed by atoms with Crippen molar-refractivity contribution in [2.24, 2.45) is 5.16 Å². The number of aromatic nitrogens is 1. The van der Waals surface area contributed by atoms with Gasteiger partial charge in [0.05, 0.1) is 24.4 Å². The maximum absolute atomic E-state index is 13.1. The topological polar surface area (TPSA) is 110 Å². The normalized spacial score (nSPS) is 19.3. The van der Waals surface area contributed by atoms with E-state index in [2.05, 4.69) is 15.5 Å². The maximum Gasteiger partial charge on any atom is 0.280 e. The molecule has 0 spiro atoms. The molecule has 2 atom stereocenters. The Bertz CT molecular complexity index is 956. The van der Waals surface area contributed by atoms with Crippen LogP contribution in [0.2, 0.25) is 5.02 Å². The standard InChI is InChI=1S/C16H15ClFN3O5S2/c1-28(23,24)12-3-2-9(6-11(12)17)14(21-26-10-4-5-25-8-10)15(22)20-16-19-7-13(18)27-16/h2-3,6-7,10H,4-5,8H2,1H3,(H-,19,20,22,23,24)/p+1/b21-14+. The first-order valence-electron chi connectivity index (χ1n) is 8.00. The molecule has 1 fully saturated rings. The molecule has 1 saturated heterocycles. The van der Waals surface area contributed by atoms with Gasteiger partial charge in [-0.25, -0.2) is 4.98 Å². The minimum absolute atomic E-state index is 0.00232. The van der Waals surface area contributed by atoms with Crippen molar-refractivity contribution in [3.8, 4) is 0 Å². The van der Waals surface area contributed by atoms with E-state index >= 15 is 0 Å². The number of rotatable bonds is 6. The summed E-state index contributed by atoms with van der Waals surface area (Å²) in [6, 6.07) is 4.10. The fourth-order valence-corrected chi connectivity index (χ4v) is 4.26. The number of halogens is 2. The average Bonchev–Trinajstić information content (AvgIpc) is 3.26. The predicted octanol–water partition coefficient (Wildman–Crippen LogP) is 3.05. The summed E-state index contributed by atoms with van der Waals surface area (Å²) in [7, 11) is -3.29. The number of carbonyl (C=O) groups excluding carboxylic acids is 1. The number of oxime groups is 1. The molecule has 8 nitrogen and oxygen atoms in total. The highest BCUT2D eigenvalue weighted by atomic mass is 35.5. The van der Waals surface area contributed by atoms with Crippen LogP contribution in [0.4, 0.5) is 9.52 Å². The zero-order valence-electron chi connectivity index (χ0n) is 14.6. The molecule has 1 aliphatic rings. The van der Waals surface area contributed by atoms with Crippen molar-refractivity contribution in [1.29, 1.82) is 0 Å². The van der Waals surface area contributed by atoms with Crippen LogP contribution in [0.3, 0.4) is 0 Å². The number of amides is 1. The Labute approximate surface area is 169 Å². The molecule has 12 heteroatoms. The van der Waals surface area contributed by atoms with Crippen molar-refractivity contribution >= 4 is 49.9 Å². The zero-order chi connectivity index (χ0) is 20.3. The SMILES string of the molecule is C[S+](=O)(O)c1ccc(/C(=N\OC2CCOC2)C(=O)Nc2ncc(F)s2)cc1Cl. The smallest absolute Gasteiger partial charge is 0.280 e. The molecule has 0 aliphatic carbocycles. The van der Waals surface area contributed by atoms with Crippen molar-refractivity contribution in [1.82, 2.24) is 4.98 Å². The first-order chi connectivity index (χ1) is 13.2. The van der Waals surface area contributed by atoms with Gasteiger partial charge in [-0.1, -0.05) is 32.3 Å². The van der Waals surface area contributed by atoms with Crippen LogP contribution in [-0.4, -0.2) is 46.7 Å². The number of carbonyl (C=O) groups is 1. The number of benzene rings is 1. The van der Waals surface area contributed by atoms with Crippen molar-refractivity contribution in [2.45, 2.75) is 17.4 Å². The van der Waals surface area contributed by atoms with Crippen LogP contribution in [-0.2, 0) is 28.8 Å². The van der Waals surface area contributed by atoms with E-state index in [0.717, 1.165) is 12.5 Å². The van der Waals surface area contributed by atoms with Crippen LogP contribution in [0.15, 0.2) is 34.4 Å². The number of nitrogens with zero attached hydrogens (tertiary/aromatic N) is 2. The lowest BCUT2D eigenvalue weighted by molar-refractivity contribution is -0.110. The van der Waals surface area contributed by atoms with E-state index in [-0.39, 0.29) is 32.4 Å². The van der Waals surface area contributed by atoms with E-state index < -0.39 is 21.3 Å². The molecule has 28 heavy (non-hydrogen) atoms. The summed E-state index contributed by atoms with van der Waals surface area (Å²) in [5.74, 6) is -0.696. The Morgan fingerprint density at radius 1 is 1.57 bits per heavy atom. The van der Waals surface area contributed by atoms with Gasteiger partial charge in [0, 0.05) is 12.0 Å². The van der Waals surface area contributed by atoms with E-state index in [1.807, 2.05) is 0 Å². The van der Waals surface area contributed by atoms with Gasteiger partial charge in [0.2, 0.25) is 15.1 Å². The third kappa shape index (κ3) is 5.11. The molecule has 1 amide bonds. The van der Waals surface area contributed by atoms with Gasteiger partial charge in [0.15, 0.2) is 22.1 Å². The molecule has 1 aromatic heterocycles. The highest BCUT2D eigenvalue weighted by molar-refractivity contribution is 7.97. The quantitative estimate of drug-likeness (QED) is 0.399. The van der Waals surface area contributed by atoms with E-state index in [1.54, 1.807) is 0 Å². The highest BCUT2D eigenvalue weighted by Gasteiger charge is 2.27. The lowest BCUT2D eigenvalue weighted by Gasteiger charge is -2.10. The van der Waals surface area contributed by atoms with E-state index in [0.29, 0.717) is 31.0 Å². The van der Waals surface area contributed by atoms with Crippen LogP contribution in [0.1, 0.15) is 12.0 Å². The summed E-state index contributed by atoms with van der Waals surface area (Å²) >= 11 is 6.77. The Hall–Kier alpha value is -1.92. The minimum Gasteiger partial charge on any atom is -0.389 e. The first kappa shape index (κ1) is 20.8. The third-order valence-electron chi connectivity index (χ3n) is 3.71. The first-order valence-corrected chi connectivity index (χ1v) is 11.1. The third-order valence-corrected chi connectivity index (χ3v) is 6.01. The lowest BCUT2D eigenvalue weighted by Crippen LogP contribution is -2.25. The largest absolute Gasteiger partial charge is 0.389 e. The zero-order valence-corrected chi connectivity index (χ0v) is 16.9. The molecule has 3 rings (SSSR count). The fourth-order valence-electron chi connectivity index (χ4n) is 2.37. The van der Waals surface area contributed by atoms with E-state index in [4.69, 9.17) is 21.2 Å². The molecule has 1 aliphatic heterocycles. The minimum atomic E-state index is -3.29. The second-order valence-corrected chi connectivity index (χ2v) is 9.34. The second kappa shape index (κ2) is 8.62. The summed E-state index contributed by atoms with van der Waals surface area (Å²) < 4.78 is 39.9. The summed E-state index contributed by atoms with van der Waals surface area (Å²) in [5.41, 5.74) is 0.113. The maximum atomic E-state index is 13.1. The van der Waals surface area contributed by atoms with Crippen LogP contribution in [0.25, 0.3) is 0 Å². The van der Waals surface area contributed by atoms with Gasteiger partial charge in [-0.15, -0.1) is 0 Å². The van der Waals surface area contributed by atoms with Crippen LogP contribution >= 0.6 is 22.9 Å². The van der Waals surface area contributed by atoms with Gasteiger partial charge in [0.1, 0.15) is 6.26 Å². The van der Waals surface area contributed by atoms with Crippen LogP contribution in [0, 0.1) is 5.13 Å². The number of hydrogen-bond acceptors (Lipinski definition) is 7. The van der Waals surface area contributed by atoms with Crippen molar-refractivity contribution < 1.29 is 27.5 Å². The molecule has 0 radical (unpaired) electrons. The Balaban J connectivity index is 1.90. The van der Waals surface area contributed by atoms with E-state index in [9.17, 15) is 17.9 Å². The molecule has 2 aromatic rings. The Morgan fingerprint density at radius 2 is 2.36 bits per heavy atom. The van der Waals surface area contributed by atoms with Gasteiger partial charge < -0.3 is 9.57 Å². The van der Waals surface area contributed by atoms with Crippen molar-refractivity contribution in [2.75, 3.05) is 24.8 Å². The summed E-state index contributed by atoms with van der Waals surface area (Å²) in [4.78, 5) is 21.8. The number of ether oxygens (including phenoxy) is 1. The molecule has 2 N–H and O–H groups in total. The van der Waals surface area contributed by atoms with Gasteiger partial charge in [0.25, 0.3) is 5.91 Å². The second-order valence-electron chi connectivity index (χ2n) is 5.90. The number of hydrogen-bond donors (Lipinski definition) is 2. The molecule has 2 unspecified atom stereocenters. The highest BCUT2D eigenvalue weighted by Crippen LogP contribution is 2.26. The molecule has 0 saturated carbocycles. The Morgan fingerprint density at radius 3 is 2.93 bits per heavy atom. The number of nitrogens with one attached hydrogen (secondary N) is 1. The number of anilines is 1. The van der Waals surface area contributed by atoms with Gasteiger partial charge >= 0.3 is 0 Å². The number of thiazole rings is 1. The van der Waals surface area contributed by atoms with Crippen LogP contribution in [0.5, 0.6) is 0 Å². The van der Waals surface area contributed by atoms with E-state index in [1.165, 1.54) is 18.2 Å². The van der Waals surface area contributed by atoms with Crippen LogP contribution < -0.4 is 5.32 Å². The molecule has 2 heterocycles. The molecule has 1 aromatic carbocycles. The summed E-state index contributed by atoms with van der Waals surface area (Å²) in [5, 5.41) is 5.86. The van der Waals surface area contributed by atoms with Crippen molar-refractivity contribution in [3.63, 3.8) is 0 Å². The molecular formula is C16H16ClFN3O5S2+. The molecular weight excluding hydrogens is 433 g/mol. The predicted molar refractivity (Wildman–Crippen MR) is 104 cm³/mol. The average molecular weight is 449 g/mol. The van der Waals surface area contributed by atoms with Gasteiger partial charge in [-0.05, 0) is 18.2 Å². The molecule has 150 valence electrons. The van der Waals surface area contributed by atoms with Gasteiger partial charge in [-0.2, -0.15) is 8.94 Å². The van der Waals surface area contributed by atoms with Gasteiger partial charge in [-0.3, -0.25) is 10.1 Å². The Kier molecular flexibility index (Phi) is 6.40. The monoisotopic (exact) mass is 448 g/mol. The van der Waals surface area contributed by atoms with Crippen molar-refractivity contribution in [3.05, 3.63) is 40.1 Å². The fraction of sp³-hybridized carbons (Fsp3) is 0.312. The molecule has 0 bridgehead atoms. The summed E-state index contributed by atoms with van der Waals surface area (Å²) in [6.45, 7) is 0.875.